The SMILES string of the molecule is O=C(COc1ccc2oc3ccccc3c2c1)NCCc1ccccn1. The van der Waals surface area contributed by atoms with Crippen LogP contribution < -0.4 is 10.1 Å². The van der Waals surface area contributed by atoms with Crippen molar-refractivity contribution in [2.24, 2.45) is 0 Å². The van der Waals surface area contributed by atoms with Gasteiger partial charge in [0.1, 0.15) is 16.9 Å². The predicted octanol–water partition coefficient (Wildman–Crippen LogP) is 3.72. The average molecular weight is 346 g/mol. The second-order valence-electron chi connectivity index (χ2n) is 5.97. The molecule has 0 saturated heterocycles. The third-order valence-electron chi connectivity index (χ3n) is 4.15. The third-order valence-corrected chi connectivity index (χ3v) is 4.15. The highest BCUT2D eigenvalue weighted by atomic mass is 16.5. The molecule has 4 aromatic rings. The molecule has 1 N–H and O–H groups in total. The topological polar surface area (TPSA) is 64.4 Å². The van der Waals surface area contributed by atoms with Crippen molar-refractivity contribution in [3.8, 4) is 5.75 Å². The largest absolute Gasteiger partial charge is 0.484 e. The lowest BCUT2D eigenvalue weighted by Crippen LogP contribution is -2.30. The zero-order valence-corrected chi connectivity index (χ0v) is 14.1. The Morgan fingerprint density at radius 3 is 2.73 bits per heavy atom. The van der Waals surface area contributed by atoms with Crippen molar-refractivity contribution in [2.45, 2.75) is 6.42 Å². The van der Waals surface area contributed by atoms with Gasteiger partial charge in [-0.15, -0.1) is 0 Å². The summed E-state index contributed by atoms with van der Waals surface area (Å²) in [5.41, 5.74) is 2.59. The minimum atomic E-state index is -0.155. The Morgan fingerprint density at radius 2 is 1.85 bits per heavy atom. The highest BCUT2D eigenvalue weighted by Gasteiger charge is 2.08. The molecule has 2 heterocycles. The smallest absolute Gasteiger partial charge is 0.257 e. The summed E-state index contributed by atoms with van der Waals surface area (Å²) in [6.07, 6.45) is 2.44. The van der Waals surface area contributed by atoms with E-state index in [0.29, 0.717) is 18.7 Å². The fourth-order valence-electron chi connectivity index (χ4n) is 2.87. The van der Waals surface area contributed by atoms with Crippen molar-refractivity contribution in [1.29, 1.82) is 0 Å². The quantitative estimate of drug-likeness (QED) is 0.578. The molecule has 4 rings (SSSR count). The summed E-state index contributed by atoms with van der Waals surface area (Å²) >= 11 is 0. The first-order chi connectivity index (χ1) is 12.8. The van der Waals surface area contributed by atoms with Crippen LogP contribution in [0.25, 0.3) is 21.9 Å². The van der Waals surface area contributed by atoms with Crippen LogP contribution in [0.4, 0.5) is 0 Å². The number of hydrogen-bond acceptors (Lipinski definition) is 4. The van der Waals surface area contributed by atoms with Gasteiger partial charge < -0.3 is 14.5 Å². The van der Waals surface area contributed by atoms with Gasteiger partial charge in [-0.3, -0.25) is 9.78 Å². The van der Waals surface area contributed by atoms with Crippen molar-refractivity contribution in [1.82, 2.24) is 10.3 Å². The number of benzene rings is 2. The van der Waals surface area contributed by atoms with Crippen LogP contribution >= 0.6 is 0 Å². The first-order valence-corrected chi connectivity index (χ1v) is 8.50. The summed E-state index contributed by atoms with van der Waals surface area (Å²) in [6.45, 7) is 0.508. The number of carbonyl (C=O) groups excluding carboxylic acids is 1. The molecule has 5 nitrogen and oxygen atoms in total. The lowest BCUT2D eigenvalue weighted by Gasteiger charge is -2.07. The van der Waals surface area contributed by atoms with Crippen LogP contribution in [0.1, 0.15) is 5.69 Å². The van der Waals surface area contributed by atoms with E-state index in [2.05, 4.69) is 10.3 Å². The molecule has 1 amide bonds. The van der Waals surface area contributed by atoms with Crippen molar-refractivity contribution in [3.63, 3.8) is 0 Å². The van der Waals surface area contributed by atoms with Crippen LogP contribution in [0.3, 0.4) is 0 Å². The van der Waals surface area contributed by atoms with E-state index in [-0.39, 0.29) is 12.5 Å². The number of carbonyl (C=O) groups is 1. The van der Waals surface area contributed by atoms with Crippen LogP contribution in [0.5, 0.6) is 5.75 Å². The Morgan fingerprint density at radius 1 is 1.00 bits per heavy atom. The fourth-order valence-corrected chi connectivity index (χ4v) is 2.87. The molecule has 2 aromatic heterocycles. The number of fused-ring (bicyclic) bond motifs is 3. The Balaban J connectivity index is 1.35. The lowest BCUT2D eigenvalue weighted by molar-refractivity contribution is -0.123. The van der Waals surface area contributed by atoms with E-state index in [4.69, 9.17) is 9.15 Å². The van der Waals surface area contributed by atoms with Gasteiger partial charge in [-0.1, -0.05) is 24.3 Å². The summed E-state index contributed by atoms with van der Waals surface area (Å²) in [4.78, 5) is 16.2. The highest BCUT2D eigenvalue weighted by molar-refractivity contribution is 6.05. The molecule has 26 heavy (non-hydrogen) atoms. The van der Waals surface area contributed by atoms with Gasteiger partial charge in [0.2, 0.25) is 0 Å². The summed E-state index contributed by atoms with van der Waals surface area (Å²) in [5.74, 6) is 0.488. The predicted molar refractivity (Wildman–Crippen MR) is 100 cm³/mol. The second-order valence-corrected chi connectivity index (χ2v) is 5.97. The molecule has 2 aromatic carbocycles. The van der Waals surface area contributed by atoms with Gasteiger partial charge in [0, 0.05) is 35.6 Å². The molecule has 0 radical (unpaired) electrons. The molecule has 0 fully saturated rings. The standard InChI is InChI=1S/C21H18N2O3/c24-21(23-12-10-15-5-3-4-11-22-15)14-25-16-8-9-20-18(13-16)17-6-1-2-7-19(17)26-20/h1-9,11,13H,10,12,14H2,(H,23,24). The molecular formula is C21H18N2O3. The molecular weight excluding hydrogens is 328 g/mol. The van der Waals surface area contributed by atoms with Gasteiger partial charge in [-0.05, 0) is 36.4 Å². The van der Waals surface area contributed by atoms with Gasteiger partial charge in [-0.25, -0.2) is 0 Å². The number of nitrogens with zero attached hydrogens (tertiary/aromatic N) is 1. The van der Waals surface area contributed by atoms with E-state index in [1.807, 2.05) is 60.7 Å². The van der Waals surface area contributed by atoms with Gasteiger partial charge in [0.05, 0.1) is 0 Å². The molecule has 0 aliphatic rings. The maximum absolute atomic E-state index is 12.0. The number of pyridine rings is 1. The van der Waals surface area contributed by atoms with Crippen molar-refractivity contribution < 1.29 is 13.9 Å². The number of aromatic nitrogens is 1. The molecule has 0 bridgehead atoms. The summed E-state index contributed by atoms with van der Waals surface area (Å²) in [6, 6.07) is 19.2. The molecule has 0 spiro atoms. The third kappa shape index (κ3) is 3.52. The van der Waals surface area contributed by atoms with Crippen LogP contribution in [0.2, 0.25) is 0 Å². The normalized spacial score (nSPS) is 10.9. The molecule has 0 atom stereocenters. The van der Waals surface area contributed by atoms with Crippen molar-refractivity contribution in [2.75, 3.05) is 13.2 Å². The van der Waals surface area contributed by atoms with Crippen molar-refractivity contribution >= 4 is 27.8 Å². The fraction of sp³-hybridized carbons (Fsp3) is 0.143. The minimum absolute atomic E-state index is 0.0243. The van der Waals surface area contributed by atoms with Gasteiger partial charge in [0.25, 0.3) is 5.91 Å². The summed E-state index contributed by atoms with van der Waals surface area (Å²) in [5, 5.41) is 4.86. The van der Waals surface area contributed by atoms with Crippen LogP contribution in [0, 0.1) is 0 Å². The van der Waals surface area contributed by atoms with E-state index in [1.54, 1.807) is 6.20 Å². The minimum Gasteiger partial charge on any atom is -0.484 e. The Kier molecular flexibility index (Phi) is 4.51. The van der Waals surface area contributed by atoms with E-state index in [1.165, 1.54) is 0 Å². The van der Waals surface area contributed by atoms with Gasteiger partial charge in [-0.2, -0.15) is 0 Å². The summed E-state index contributed by atoms with van der Waals surface area (Å²) in [7, 11) is 0. The number of para-hydroxylation sites is 1. The monoisotopic (exact) mass is 346 g/mol. The zero-order valence-electron chi connectivity index (χ0n) is 14.1. The first-order valence-electron chi connectivity index (χ1n) is 8.50. The van der Waals surface area contributed by atoms with Gasteiger partial charge >= 0.3 is 0 Å². The van der Waals surface area contributed by atoms with Gasteiger partial charge in [0.15, 0.2) is 6.61 Å². The maximum Gasteiger partial charge on any atom is 0.257 e. The first kappa shape index (κ1) is 16.1. The van der Waals surface area contributed by atoms with Crippen LogP contribution in [-0.4, -0.2) is 24.0 Å². The number of amides is 1. The lowest BCUT2D eigenvalue weighted by atomic mass is 10.1. The van der Waals surface area contributed by atoms with Crippen LogP contribution in [-0.2, 0) is 11.2 Å². The number of furan rings is 1. The Bertz CT molecular complexity index is 1040. The van der Waals surface area contributed by atoms with Crippen LogP contribution in [0.15, 0.2) is 71.3 Å². The highest BCUT2D eigenvalue weighted by Crippen LogP contribution is 2.31. The Labute approximate surface area is 150 Å². The Hall–Kier alpha value is -3.34. The number of hydrogen-bond donors (Lipinski definition) is 1. The summed E-state index contributed by atoms with van der Waals surface area (Å²) < 4.78 is 11.4. The number of ether oxygens (including phenoxy) is 1. The molecule has 130 valence electrons. The average Bonchev–Trinajstić information content (AvgIpc) is 3.05. The molecule has 0 aliphatic heterocycles. The van der Waals surface area contributed by atoms with E-state index < -0.39 is 0 Å². The van der Waals surface area contributed by atoms with E-state index >= 15 is 0 Å². The molecule has 0 saturated carbocycles. The molecule has 5 heteroatoms. The molecule has 0 aliphatic carbocycles. The van der Waals surface area contributed by atoms with E-state index in [0.717, 1.165) is 27.6 Å². The van der Waals surface area contributed by atoms with Crippen molar-refractivity contribution in [3.05, 3.63) is 72.6 Å². The second kappa shape index (κ2) is 7.27. The molecule has 0 unspecified atom stereocenters. The van der Waals surface area contributed by atoms with E-state index in [9.17, 15) is 4.79 Å². The number of nitrogens with one attached hydrogen (secondary N) is 1. The maximum atomic E-state index is 12.0. The number of rotatable bonds is 6. The zero-order chi connectivity index (χ0) is 17.8.